The molecular formula is C19H23N5OS2. The molecule has 1 unspecified atom stereocenters. The lowest BCUT2D eigenvalue weighted by Gasteiger charge is -2.32. The lowest BCUT2D eigenvalue weighted by atomic mass is 9.83. The molecule has 2 aromatic rings. The average Bonchev–Trinajstić information content (AvgIpc) is 3.15. The molecule has 0 radical (unpaired) electrons. The molecule has 6 nitrogen and oxygen atoms in total. The number of nitriles is 1. The van der Waals surface area contributed by atoms with Crippen molar-refractivity contribution in [2.45, 2.75) is 60.7 Å². The van der Waals surface area contributed by atoms with Gasteiger partial charge in [0.25, 0.3) is 0 Å². The van der Waals surface area contributed by atoms with Gasteiger partial charge in [0.2, 0.25) is 11.0 Å². The van der Waals surface area contributed by atoms with Crippen LogP contribution in [0.3, 0.4) is 0 Å². The van der Waals surface area contributed by atoms with E-state index in [0.29, 0.717) is 6.54 Å². The number of hydrogen-bond donors (Lipinski definition) is 2. The number of carbonyl (C=O) groups is 1. The molecule has 1 aromatic carbocycles. The summed E-state index contributed by atoms with van der Waals surface area (Å²) in [6.45, 7) is 2.52. The van der Waals surface area contributed by atoms with Gasteiger partial charge in [-0.2, -0.15) is 5.26 Å². The fourth-order valence-electron chi connectivity index (χ4n) is 3.06. The number of anilines is 1. The molecule has 1 heterocycles. The first-order chi connectivity index (χ1) is 13.1. The third-order valence-electron chi connectivity index (χ3n) is 4.62. The van der Waals surface area contributed by atoms with Gasteiger partial charge in [0.05, 0.1) is 11.3 Å². The van der Waals surface area contributed by atoms with Crippen molar-refractivity contribution in [1.29, 1.82) is 5.26 Å². The molecule has 142 valence electrons. The van der Waals surface area contributed by atoms with E-state index in [0.717, 1.165) is 41.6 Å². The van der Waals surface area contributed by atoms with Gasteiger partial charge in [-0.05, 0) is 25.3 Å². The molecule has 1 fully saturated rings. The normalized spacial score (nSPS) is 16.9. The van der Waals surface area contributed by atoms with Crippen molar-refractivity contribution in [2.75, 3.05) is 5.32 Å². The lowest BCUT2D eigenvalue weighted by molar-refractivity contribution is -0.121. The summed E-state index contributed by atoms with van der Waals surface area (Å²) in [5, 5.41) is 24.5. The molecule has 1 aromatic heterocycles. The van der Waals surface area contributed by atoms with Crippen LogP contribution in [0.4, 0.5) is 5.13 Å². The highest BCUT2D eigenvalue weighted by Crippen LogP contribution is 2.31. The Hall–Kier alpha value is -2.11. The Labute approximate surface area is 167 Å². The minimum atomic E-state index is -0.701. The van der Waals surface area contributed by atoms with Crippen LogP contribution in [0.15, 0.2) is 34.7 Å². The molecule has 0 bridgehead atoms. The van der Waals surface area contributed by atoms with Gasteiger partial charge >= 0.3 is 0 Å². The van der Waals surface area contributed by atoms with E-state index in [1.807, 2.05) is 37.3 Å². The van der Waals surface area contributed by atoms with Gasteiger partial charge in [0, 0.05) is 6.54 Å². The summed E-state index contributed by atoms with van der Waals surface area (Å²) in [6, 6.07) is 12.4. The van der Waals surface area contributed by atoms with Crippen LogP contribution in [0, 0.1) is 11.3 Å². The molecule has 1 aliphatic rings. The Morgan fingerprint density at radius 3 is 2.74 bits per heavy atom. The van der Waals surface area contributed by atoms with Gasteiger partial charge in [-0.3, -0.25) is 4.79 Å². The highest BCUT2D eigenvalue weighted by atomic mass is 32.2. The van der Waals surface area contributed by atoms with Crippen molar-refractivity contribution in [1.82, 2.24) is 15.5 Å². The van der Waals surface area contributed by atoms with Crippen molar-refractivity contribution in [3.63, 3.8) is 0 Å². The van der Waals surface area contributed by atoms with Gasteiger partial charge in [-0.1, -0.05) is 72.7 Å². The van der Waals surface area contributed by atoms with Crippen LogP contribution < -0.4 is 10.6 Å². The SMILES string of the molecule is CC(Sc1nnc(NCc2ccccc2)s1)C(=O)NC1(C#N)CCCCC1. The zero-order valence-electron chi connectivity index (χ0n) is 15.3. The number of hydrogen-bond acceptors (Lipinski definition) is 7. The molecule has 1 aliphatic carbocycles. The summed E-state index contributed by atoms with van der Waals surface area (Å²) in [6.07, 6.45) is 4.58. The molecule has 0 aliphatic heterocycles. The first-order valence-corrected chi connectivity index (χ1v) is 10.8. The van der Waals surface area contributed by atoms with Gasteiger partial charge in [-0.15, -0.1) is 10.2 Å². The first-order valence-electron chi connectivity index (χ1n) is 9.11. The Morgan fingerprint density at radius 2 is 2.04 bits per heavy atom. The van der Waals surface area contributed by atoms with Crippen LogP contribution in [-0.4, -0.2) is 26.9 Å². The van der Waals surface area contributed by atoms with Crippen LogP contribution in [0.25, 0.3) is 0 Å². The predicted molar refractivity (Wildman–Crippen MR) is 109 cm³/mol. The molecule has 27 heavy (non-hydrogen) atoms. The highest BCUT2D eigenvalue weighted by molar-refractivity contribution is 8.02. The fourth-order valence-corrected chi connectivity index (χ4v) is 4.96. The largest absolute Gasteiger partial charge is 0.356 e. The van der Waals surface area contributed by atoms with Gasteiger partial charge in [0.1, 0.15) is 5.54 Å². The summed E-state index contributed by atoms with van der Waals surface area (Å²) < 4.78 is 0.739. The molecule has 3 rings (SSSR count). The van der Waals surface area contributed by atoms with Crippen LogP contribution in [0.5, 0.6) is 0 Å². The Morgan fingerprint density at radius 1 is 1.30 bits per heavy atom. The van der Waals surface area contributed by atoms with Crippen LogP contribution >= 0.6 is 23.1 Å². The monoisotopic (exact) mass is 401 g/mol. The van der Waals surface area contributed by atoms with Gasteiger partial charge in [-0.25, -0.2) is 0 Å². The summed E-state index contributed by atoms with van der Waals surface area (Å²) in [4.78, 5) is 12.6. The molecule has 0 spiro atoms. The molecule has 1 atom stereocenters. The van der Waals surface area contributed by atoms with E-state index in [2.05, 4.69) is 26.9 Å². The number of benzene rings is 1. The van der Waals surface area contributed by atoms with Crippen LogP contribution in [0.2, 0.25) is 0 Å². The molecule has 8 heteroatoms. The number of nitrogens with one attached hydrogen (secondary N) is 2. The summed E-state index contributed by atoms with van der Waals surface area (Å²) in [7, 11) is 0. The Bertz CT molecular complexity index is 796. The number of thioether (sulfide) groups is 1. The van der Waals surface area contributed by atoms with Crippen LogP contribution in [0.1, 0.15) is 44.6 Å². The minimum Gasteiger partial charge on any atom is -0.356 e. The third kappa shape index (κ3) is 5.44. The minimum absolute atomic E-state index is 0.113. The zero-order valence-corrected chi connectivity index (χ0v) is 16.9. The van der Waals surface area contributed by atoms with Gasteiger partial charge < -0.3 is 10.6 Å². The van der Waals surface area contributed by atoms with Crippen molar-refractivity contribution < 1.29 is 4.79 Å². The number of nitrogens with zero attached hydrogens (tertiary/aromatic N) is 3. The number of amides is 1. The lowest BCUT2D eigenvalue weighted by Crippen LogP contribution is -2.50. The Kier molecular flexibility index (Phi) is 6.69. The standard InChI is InChI=1S/C19H23N5OS2/c1-14(16(25)22-19(13-20)10-6-3-7-11-19)26-18-24-23-17(27-18)21-12-15-8-4-2-5-9-15/h2,4-5,8-9,14H,3,6-7,10-12H2,1H3,(H,21,23)(H,22,25). The van der Waals surface area contributed by atoms with Crippen molar-refractivity contribution >= 4 is 34.1 Å². The maximum absolute atomic E-state index is 12.6. The van der Waals surface area contributed by atoms with E-state index in [9.17, 15) is 10.1 Å². The van der Waals surface area contributed by atoms with Gasteiger partial charge in [0.15, 0.2) is 4.34 Å². The van der Waals surface area contributed by atoms with Crippen molar-refractivity contribution in [3.8, 4) is 6.07 Å². The van der Waals surface area contributed by atoms with Crippen molar-refractivity contribution in [3.05, 3.63) is 35.9 Å². The quantitative estimate of drug-likeness (QED) is 0.682. The maximum Gasteiger partial charge on any atom is 0.234 e. The third-order valence-corrected chi connectivity index (χ3v) is 6.69. The van der Waals surface area contributed by atoms with Crippen LogP contribution in [-0.2, 0) is 11.3 Å². The molecule has 2 N–H and O–H groups in total. The summed E-state index contributed by atoms with van der Waals surface area (Å²) >= 11 is 2.81. The molecule has 0 saturated heterocycles. The number of carbonyl (C=O) groups excluding carboxylic acids is 1. The van der Waals surface area contributed by atoms with E-state index in [1.165, 1.54) is 28.7 Å². The van der Waals surface area contributed by atoms with E-state index < -0.39 is 5.54 Å². The second-order valence-corrected chi connectivity index (χ2v) is 9.28. The van der Waals surface area contributed by atoms with Crippen molar-refractivity contribution in [2.24, 2.45) is 0 Å². The average molecular weight is 402 g/mol. The Balaban J connectivity index is 1.51. The fraction of sp³-hybridized carbons (Fsp3) is 0.474. The molecular weight excluding hydrogens is 378 g/mol. The second kappa shape index (κ2) is 9.20. The first kappa shape index (κ1) is 19.6. The molecule has 1 amide bonds. The van der Waals surface area contributed by atoms with E-state index in [4.69, 9.17) is 0 Å². The number of aromatic nitrogens is 2. The smallest absolute Gasteiger partial charge is 0.234 e. The second-order valence-electron chi connectivity index (χ2n) is 6.72. The van der Waals surface area contributed by atoms with E-state index >= 15 is 0 Å². The summed E-state index contributed by atoms with van der Waals surface area (Å²) in [5.41, 5.74) is 0.470. The number of rotatable bonds is 7. The van der Waals surface area contributed by atoms with E-state index in [1.54, 1.807) is 0 Å². The summed E-state index contributed by atoms with van der Waals surface area (Å²) in [5.74, 6) is -0.113. The topological polar surface area (TPSA) is 90.7 Å². The molecule has 1 saturated carbocycles. The maximum atomic E-state index is 12.6. The predicted octanol–water partition coefficient (Wildman–Crippen LogP) is 3.97. The van der Waals surface area contributed by atoms with E-state index in [-0.39, 0.29) is 11.2 Å². The zero-order chi connectivity index (χ0) is 19.1. The highest BCUT2D eigenvalue weighted by Gasteiger charge is 2.35.